The fraction of sp³-hybridized carbons (Fsp3) is 0.353. The Bertz CT molecular complexity index is 791. The molecule has 1 fully saturated rings. The van der Waals surface area contributed by atoms with E-state index in [1.165, 1.54) is 32.1 Å². The summed E-state index contributed by atoms with van der Waals surface area (Å²) in [4.78, 5) is 12.9. The van der Waals surface area contributed by atoms with Gasteiger partial charge in [0, 0.05) is 35.6 Å². The number of aromatic nitrogens is 4. The summed E-state index contributed by atoms with van der Waals surface area (Å²) < 4.78 is 2.35. The Morgan fingerprint density at radius 1 is 1.14 bits per heavy atom. The maximum absolute atomic E-state index is 6.04. The van der Waals surface area contributed by atoms with Gasteiger partial charge in [-0.25, -0.2) is 4.98 Å². The standard InChI is InChI=1S/C17H17ClN4/c18-17-20-11-13-9-15(12-5-4-8-19-10-12)22(16(13)21-17)14-6-2-1-3-7-14/h4-5,8-11,14H,1-3,6-7H2. The minimum atomic E-state index is 0.306. The Kier molecular flexibility index (Phi) is 3.54. The van der Waals surface area contributed by atoms with Crippen LogP contribution in [0.4, 0.5) is 0 Å². The molecule has 3 heterocycles. The first-order valence-electron chi connectivity index (χ1n) is 7.77. The zero-order valence-corrected chi connectivity index (χ0v) is 13.0. The molecular weight excluding hydrogens is 296 g/mol. The van der Waals surface area contributed by atoms with Crippen molar-refractivity contribution in [2.75, 3.05) is 0 Å². The summed E-state index contributed by atoms with van der Waals surface area (Å²) in [5, 5.41) is 1.34. The van der Waals surface area contributed by atoms with Crippen molar-refractivity contribution in [1.82, 2.24) is 19.5 Å². The first kappa shape index (κ1) is 13.7. The molecule has 4 rings (SSSR count). The van der Waals surface area contributed by atoms with E-state index in [4.69, 9.17) is 11.6 Å². The topological polar surface area (TPSA) is 43.6 Å². The average molecular weight is 313 g/mol. The molecule has 3 aromatic heterocycles. The average Bonchev–Trinajstić information content (AvgIpc) is 2.95. The molecule has 0 bridgehead atoms. The summed E-state index contributed by atoms with van der Waals surface area (Å²) in [7, 11) is 0. The molecule has 0 aromatic carbocycles. The molecule has 4 nitrogen and oxygen atoms in total. The van der Waals surface area contributed by atoms with Gasteiger partial charge in [0.2, 0.25) is 5.28 Å². The van der Waals surface area contributed by atoms with Crippen LogP contribution in [0.3, 0.4) is 0 Å². The van der Waals surface area contributed by atoms with Gasteiger partial charge in [0.1, 0.15) is 5.65 Å². The second-order valence-electron chi connectivity index (χ2n) is 5.85. The molecule has 0 atom stereocenters. The molecule has 0 saturated heterocycles. The number of pyridine rings is 1. The van der Waals surface area contributed by atoms with E-state index in [0.29, 0.717) is 11.3 Å². The van der Waals surface area contributed by atoms with E-state index in [2.05, 4.69) is 31.7 Å². The third-order valence-electron chi connectivity index (χ3n) is 4.44. The summed E-state index contributed by atoms with van der Waals surface area (Å²) in [5.41, 5.74) is 3.21. The zero-order valence-electron chi connectivity index (χ0n) is 12.2. The Balaban J connectivity index is 1.94. The number of nitrogens with zero attached hydrogens (tertiary/aromatic N) is 4. The highest BCUT2D eigenvalue weighted by Crippen LogP contribution is 2.36. The number of halogens is 1. The highest BCUT2D eigenvalue weighted by Gasteiger charge is 2.22. The Morgan fingerprint density at radius 2 is 2.00 bits per heavy atom. The molecule has 0 unspecified atom stereocenters. The van der Waals surface area contributed by atoms with Crippen molar-refractivity contribution in [3.05, 3.63) is 42.1 Å². The van der Waals surface area contributed by atoms with Crippen LogP contribution in [0, 0.1) is 0 Å². The van der Waals surface area contributed by atoms with E-state index in [9.17, 15) is 0 Å². The molecule has 0 radical (unpaired) electrons. The number of hydrogen-bond donors (Lipinski definition) is 0. The lowest BCUT2D eigenvalue weighted by Crippen LogP contribution is -2.14. The highest BCUT2D eigenvalue weighted by molar-refractivity contribution is 6.28. The Hall–Kier alpha value is -1.94. The summed E-state index contributed by atoms with van der Waals surface area (Å²) in [6.45, 7) is 0. The van der Waals surface area contributed by atoms with E-state index >= 15 is 0 Å². The van der Waals surface area contributed by atoms with Gasteiger partial charge in [0.05, 0.1) is 5.69 Å². The third-order valence-corrected chi connectivity index (χ3v) is 4.63. The number of fused-ring (bicyclic) bond motifs is 1. The SMILES string of the molecule is Clc1ncc2cc(-c3cccnc3)n(C3CCCCC3)c2n1. The second-order valence-corrected chi connectivity index (χ2v) is 6.19. The summed E-state index contributed by atoms with van der Waals surface area (Å²) in [5.74, 6) is 0. The summed E-state index contributed by atoms with van der Waals surface area (Å²) in [6, 6.07) is 6.69. The van der Waals surface area contributed by atoms with Gasteiger partial charge in [0.15, 0.2) is 0 Å². The lowest BCUT2D eigenvalue weighted by Gasteiger charge is -2.26. The van der Waals surface area contributed by atoms with Gasteiger partial charge in [0.25, 0.3) is 0 Å². The van der Waals surface area contributed by atoms with Crippen molar-refractivity contribution in [3.8, 4) is 11.3 Å². The smallest absolute Gasteiger partial charge is 0.224 e. The number of rotatable bonds is 2. The second kappa shape index (κ2) is 5.69. The Labute approximate surface area is 134 Å². The van der Waals surface area contributed by atoms with Crippen LogP contribution in [0.5, 0.6) is 0 Å². The van der Waals surface area contributed by atoms with Crippen LogP contribution in [0.2, 0.25) is 5.28 Å². The van der Waals surface area contributed by atoms with Crippen LogP contribution >= 0.6 is 11.6 Å². The van der Waals surface area contributed by atoms with Gasteiger partial charge in [-0.3, -0.25) is 4.98 Å². The summed E-state index contributed by atoms with van der Waals surface area (Å²) >= 11 is 6.04. The van der Waals surface area contributed by atoms with Gasteiger partial charge in [-0.2, -0.15) is 4.98 Å². The van der Waals surface area contributed by atoms with Crippen LogP contribution in [0.25, 0.3) is 22.3 Å². The predicted molar refractivity (Wildman–Crippen MR) is 87.9 cm³/mol. The molecule has 0 aliphatic heterocycles. The van der Waals surface area contributed by atoms with E-state index in [0.717, 1.165) is 22.3 Å². The van der Waals surface area contributed by atoms with Crippen molar-refractivity contribution in [3.63, 3.8) is 0 Å². The molecule has 112 valence electrons. The molecular formula is C17H17ClN4. The molecule has 1 saturated carbocycles. The van der Waals surface area contributed by atoms with Crippen LogP contribution in [-0.4, -0.2) is 19.5 Å². The van der Waals surface area contributed by atoms with E-state index in [1.807, 2.05) is 18.5 Å². The van der Waals surface area contributed by atoms with Crippen molar-refractivity contribution in [2.45, 2.75) is 38.1 Å². The number of hydrogen-bond acceptors (Lipinski definition) is 3. The third kappa shape index (κ3) is 2.37. The lowest BCUT2D eigenvalue weighted by atomic mass is 9.95. The minimum Gasteiger partial charge on any atom is -0.322 e. The fourth-order valence-corrected chi connectivity index (χ4v) is 3.56. The van der Waals surface area contributed by atoms with Crippen molar-refractivity contribution in [2.24, 2.45) is 0 Å². The first-order chi connectivity index (χ1) is 10.8. The van der Waals surface area contributed by atoms with E-state index in [-0.39, 0.29) is 0 Å². The molecule has 1 aliphatic rings. The van der Waals surface area contributed by atoms with Gasteiger partial charge < -0.3 is 4.57 Å². The molecule has 0 N–H and O–H groups in total. The van der Waals surface area contributed by atoms with Crippen LogP contribution in [-0.2, 0) is 0 Å². The molecule has 5 heteroatoms. The highest BCUT2D eigenvalue weighted by atomic mass is 35.5. The van der Waals surface area contributed by atoms with Crippen LogP contribution in [0.1, 0.15) is 38.1 Å². The largest absolute Gasteiger partial charge is 0.322 e. The van der Waals surface area contributed by atoms with Gasteiger partial charge in [-0.15, -0.1) is 0 Å². The van der Waals surface area contributed by atoms with Crippen molar-refractivity contribution >= 4 is 22.6 Å². The quantitative estimate of drug-likeness (QED) is 0.647. The van der Waals surface area contributed by atoms with Crippen molar-refractivity contribution < 1.29 is 0 Å². The molecule has 0 spiro atoms. The monoisotopic (exact) mass is 312 g/mol. The summed E-state index contributed by atoms with van der Waals surface area (Å²) in [6.07, 6.45) is 11.8. The maximum Gasteiger partial charge on any atom is 0.224 e. The van der Waals surface area contributed by atoms with Crippen LogP contribution < -0.4 is 0 Å². The maximum atomic E-state index is 6.04. The van der Waals surface area contributed by atoms with Crippen LogP contribution in [0.15, 0.2) is 36.8 Å². The van der Waals surface area contributed by atoms with E-state index < -0.39 is 0 Å². The van der Waals surface area contributed by atoms with Gasteiger partial charge in [-0.05, 0) is 42.6 Å². The fourth-order valence-electron chi connectivity index (χ4n) is 3.43. The molecule has 1 aliphatic carbocycles. The Morgan fingerprint density at radius 3 is 2.77 bits per heavy atom. The molecule has 3 aromatic rings. The molecule has 0 amide bonds. The van der Waals surface area contributed by atoms with Gasteiger partial charge >= 0.3 is 0 Å². The first-order valence-corrected chi connectivity index (χ1v) is 8.14. The molecule has 22 heavy (non-hydrogen) atoms. The normalized spacial score (nSPS) is 16.2. The van der Waals surface area contributed by atoms with Gasteiger partial charge in [-0.1, -0.05) is 19.3 Å². The zero-order chi connectivity index (χ0) is 14.9. The van der Waals surface area contributed by atoms with Crippen molar-refractivity contribution in [1.29, 1.82) is 0 Å². The minimum absolute atomic E-state index is 0.306. The predicted octanol–water partition coefficient (Wildman–Crippen LogP) is 4.65. The lowest BCUT2D eigenvalue weighted by molar-refractivity contribution is 0.362. The van der Waals surface area contributed by atoms with E-state index in [1.54, 1.807) is 6.20 Å².